The van der Waals surface area contributed by atoms with Gasteiger partial charge in [-0.1, -0.05) is 0 Å². The number of alkyl carbamates (subject to hydrolysis) is 1. The first-order chi connectivity index (χ1) is 9.89. The van der Waals surface area contributed by atoms with Crippen LogP contribution < -0.4 is 10.6 Å². The molecule has 0 bridgehead atoms. The number of methoxy groups -OCH3 is 1. The summed E-state index contributed by atoms with van der Waals surface area (Å²) in [6.07, 6.45) is 4.75. The van der Waals surface area contributed by atoms with E-state index in [9.17, 15) is 4.79 Å². The molecule has 5 nitrogen and oxygen atoms in total. The molecule has 0 spiro atoms. The Kier molecular flexibility index (Phi) is 5.49. The lowest BCUT2D eigenvalue weighted by molar-refractivity contribution is 0.0518. The van der Waals surface area contributed by atoms with E-state index in [0.717, 1.165) is 12.5 Å². The average molecular weight is 298 g/mol. The summed E-state index contributed by atoms with van der Waals surface area (Å²) in [4.78, 5) is 11.8. The van der Waals surface area contributed by atoms with Gasteiger partial charge >= 0.3 is 6.09 Å². The van der Waals surface area contributed by atoms with Gasteiger partial charge in [0, 0.05) is 25.7 Å². The maximum atomic E-state index is 11.8. The van der Waals surface area contributed by atoms with Crippen LogP contribution in [0.5, 0.6) is 0 Å². The maximum Gasteiger partial charge on any atom is 0.407 e. The van der Waals surface area contributed by atoms with Crippen LogP contribution in [0, 0.1) is 11.8 Å². The molecule has 0 heterocycles. The van der Waals surface area contributed by atoms with Crippen molar-refractivity contribution in [2.45, 2.75) is 64.1 Å². The van der Waals surface area contributed by atoms with Crippen molar-refractivity contribution in [3.63, 3.8) is 0 Å². The van der Waals surface area contributed by atoms with Crippen molar-refractivity contribution >= 4 is 6.09 Å². The number of carbonyl (C=O) groups is 1. The molecule has 2 N–H and O–H groups in total. The SMILES string of the molecule is COCC(NC(CNC(=O)OC(C)(C)C)C1CC1)C1CC1. The Morgan fingerprint density at radius 3 is 2.19 bits per heavy atom. The fourth-order valence-electron chi connectivity index (χ4n) is 2.64. The van der Waals surface area contributed by atoms with E-state index in [2.05, 4.69) is 10.6 Å². The summed E-state index contributed by atoms with van der Waals surface area (Å²) in [5.74, 6) is 1.42. The number of hydrogen-bond acceptors (Lipinski definition) is 4. The number of carbonyl (C=O) groups excluding carboxylic acids is 1. The van der Waals surface area contributed by atoms with E-state index in [1.165, 1.54) is 25.7 Å². The maximum absolute atomic E-state index is 11.8. The Balaban J connectivity index is 1.77. The third-order valence-corrected chi connectivity index (χ3v) is 4.02. The van der Waals surface area contributed by atoms with Crippen molar-refractivity contribution < 1.29 is 14.3 Å². The topological polar surface area (TPSA) is 59.6 Å². The van der Waals surface area contributed by atoms with Crippen molar-refractivity contribution in [1.82, 2.24) is 10.6 Å². The molecule has 2 saturated carbocycles. The second-order valence-corrected chi connectivity index (χ2v) is 7.39. The molecular formula is C16H30N2O3. The van der Waals surface area contributed by atoms with Crippen LogP contribution in [0.15, 0.2) is 0 Å². The monoisotopic (exact) mass is 298 g/mol. The highest BCUT2D eigenvalue weighted by Crippen LogP contribution is 2.36. The zero-order valence-corrected chi connectivity index (χ0v) is 13.8. The number of nitrogens with one attached hydrogen (secondary N) is 2. The van der Waals surface area contributed by atoms with Gasteiger partial charge in [0.15, 0.2) is 0 Å². The van der Waals surface area contributed by atoms with Gasteiger partial charge < -0.3 is 20.1 Å². The molecule has 0 aromatic carbocycles. The molecule has 2 unspecified atom stereocenters. The molecule has 21 heavy (non-hydrogen) atoms. The molecule has 2 fully saturated rings. The van der Waals surface area contributed by atoms with Crippen LogP contribution in [0.4, 0.5) is 4.79 Å². The van der Waals surface area contributed by atoms with Crippen LogP contribution in [0.2, 0.25) is 0 Å². The zero-order chi connectivity index (χ0) is 15.5. The molecule has 0 aromatic rings. The summed E-state index contributed by atoms with van der Waals surface area (Å²) in [7, 11) is 1.75. The molecule has 0 saturated heterocycles. The third-order valence-electron chi connectivity index (χ3n) is 4.02. The molecule has 0 aromatic heterocycles. The summed E-state index contributed by atoms with van der Waals surface area (Å²) in [5, 5.41) is 6.60. The van der Waals surface area contributed by atoms with Crippen LogP contribution in [-0.4, -0.2) is 44.0 Å². The lowest BCUT2D eigenvalue weighted by Crippen LogP contribution is -2.49. The summed E-state index contributed by atoms with van der Waals surface area (Å²) < 4.78 is 10.6. The van der Waals surface area contributed by atoms with Crippen molar-refractivity contribution in [2.75, 3.05) is 20.3 Å². The molecular weight excluding hydrogens is 268 g/mol. The van der Waals surface area contributed by atoms with Crippen LogP contribution in [0.3, 0.4) is 0 Å². The molecule has 2 atom stereocenters. The fraction of sp³-hybridized carbons (Fsp3) is 0.938. The van der Waals surface area contributed by atoms with Crippen molar-refractivity contribution in [3.05, 3.63) is 0 Å². The predicted molar refractivity (Wildman–Crippen MR) is 82.3 cm³/mol. The van der Waals surface area contributed by atoms with Crippen LogP contribution in [-0.2, 0) is 9.47 Å². The Bertz CT molecular complexity index is 346. The zero-order valence-electron chi connectivity index (χ0n) is 13.8. The quantitative estimate of drug-likeness (QED) is 0.722. The van der Waals surface area contributed by atoms with E-state index in [-0.39, 0.29) is 6.09 Å². The van der Waals surface area contributed by atoms with Crippen LogP contribution in [0.1, 0.15) is 46.5 Å². The van der Waals surface area contributed by atoms with Crippen molar-refractivity contribution in [3.8, 4) is 0 Å². The van der Waals surface area contributed by atoms with E-state index < -0.39 is 5.60 Å². The highest BCUT2D eigenvalue weighted by molar-refractivity contribution is 5.67. The summed E-state index contributed by atoms with van der Waals surface area (Å²) in [5.41, 5.74) is -0.445. The Morgan fingerprint density at radius 2 is 1.71 bits per heavy atom. The highest BCUT2D eigenvalue weighted by atomic mass is 16.6. The highest BCUT2D eigenvalue weighted by Gasteiger charge is 2.37. The van der Waals surface area contributed by atoms with E-state index in [1.807, 2.05) is 20.8 Å². The first kappa shape index (κ1) is 16.6. The minimum atomic E-state index is -0.445. The third kappa shape index (κ3) is 6.22. The summed E-state index contributed by atoms with van der Waals surface area (Å²) in [6, 6.07) is 0.749. The van der Waals surface area contributed by atoms with Gasteiger partial charge in [-0.3, -0.25) is 0 Å². The summed E-state index contributed by atoms with van der Waals surface area (Å²) >= 11 is 0. The minimum Gasteiger partial charge on any atom is -0.444 e. The second-order valence-electron chi connectivity index (χ2n) is 7.39. The van der Waals surface area contributed by atoms with Gasteiger partial charge in [-0.25, -0.2) is 4.79 Å². The van der Waals surface area contributed by atoms with Gasteiger partial charge in [0.2, 0.25) is 0 Å². The second kappa shape index (κ2) is 6.97. The smallest absolute Gasteiger partial charge is 0.407 e. The molecule has 0 aliphatic heterocycles. The number of amides is 1. The molecule has 2 aliphatic rings. The van der Waals surface area contributed by atoms with Gasteiger partial charge in [0.1, 0.15) is 5.60 Å². The standard InChI is InChI=1S/C16H30N2O3/c1-16(2,3)21-15(19)17-9-13(11-5-6-11)18-14(10-20-4)12-7-8-12/h11-14,18H,5-10H2,1-4H3,(H,17,19). The molecule has 5 heteroatoms. The van der Waals surface area contributed by atoms with Gasteiger partial charge in [0.05, 0.1) is 6.61 Å². The normalized spacial score (nSPS) is 21.7. The molecule has 122 valence electrons. The van der Waals surface area contributed by atoms with Gasteiger partial charge in [-0.05, 0) is 58.3 Å². The first-order valence-corrected chi connectivity index (χ1v) is 8.11. The molecule has 2 aliphatic carbocycles. The molecule has 0 radical (unpaired) electrons. The van der Waals surface area contributed by atoms with E-state index in [1.54, 1.807) is 7.11 Å². The van der Waals surface area contributed by atoms with E-state index in [4.69, 9.17) is 9.47 Å². The van der Waals surface area contributed by atoms with Crippen LogP contribution in [0.25, 0.3) is 0 Å². The largest absolute Gasteiger partial charge is 0.444 e. The Labute approximate surface area is 128 Å². The van der Waals surface area contributed by atoms with Crippen molar-refractivity contribution in [1.29, 1.82) is 0 Å². The first-order valence-electron chi connectivity index (χ1n) is 8.11. The lowest BCUT2D eigenvalue weighted by atomic mass is 10.1. The van der Waals surface area contributed by atoms with Gasteiger partial charge in [-0.2, -0.15) is 0 Å². The van der Waals surface area contributed by atoms with Gasteiger partial charge in [0.25, 0.3) is 0 Å². The predicted octanol–water partition coefficient (Wildman–Crippen LogP) is 2.30. The number of rotatable bonds is 8. The van der Waals surface area contributed by atoms with E-state index >= 15 is 0 Å². The minimum absolute atomic E-state index is 0.329. The average Bonchev–Trinajstić information content (AvgIpc) is 3.24. The summed E-state index contributed by atoms with van der Waals surface area (Å²) in [6.45, 7) is 7.02. The molecule has 1 amide bonds. The van der Waals surface area contributed by atoms with Gasteiger partial charge in [-0.15, -0.1) is 0 Å². The van der Waals surface area contributed by atoms with E-state index in [0.29, 0.717) is 24.5 Å². The fourth-order valence-corrected chi connectivity index (χ4v) is 2.64. The molecule has 2 rings (SSSR count). The lowest BCUT2D eigenvalue weighted by Gasteiger charge is -2.26. The van der Waals surface area contributed by atoms with Crippen molar-refractivity contribution in [2.24, 2.45) is 11.8 Å². The van der Waals surface area contributed by atoms with Crippen LogP contribution >= 0.6 is 0 Å². The Morgan fingerprint density at radius 1 is 1.14 bits per heavy atom. The Hall–Kier alpha value is -0.810. The number of ether oxygens (including phenoxy) is 2. The number of hydrogen-bond donors (Lipinski definition) is 2.